The number of ether oxygens (including phenoxy) is 1. The second-order valence-corrected chi connectivity index (χ2v) is 7.39. The van der Waals surface area contributed by atoms with Gasteiger partial charge in [-0.05, 0) is 44.9 Å². The fourth-order valence-corrected chi connectivity index (χ4v) is 3.22. The molecule has 3 rings (SSSR count). The van der Waals surface area contributed by atoms with Gasteiger partial charge in [-0.2, -0.15) is 0 Å². The van der Waals surface area contributed by atoms with E-state index in [0.29, 0.717) is 13.0 Å². The topological polar surface area (TPSA) is 34.5 Å². The van der Waals surface area contributed by atoms with Gasteiger partial charge in [0.1, 0.15) is 11.4 Å². The Kier molecular flexibility index (Phi) is 3.79. The molecule has 0 unspecified atom stereocenters. The van der Waals surface area contributed by atoms with Crippen molar-refractivity contribution in [3.63, 3.8) is 0 Å². The molecule has 6 heteroatoms. The van der Waals surface area contributed by atoms with Crippen molar-refractivity contribution >= 4 is 28.6 Å². The highest BCUT2D eigenvalue weighted by Gasteiger charge is 2.30. The van der Waals surface area contributed by atoms with Crippen molar-refractivity contribution in [2.75, 3.05) is 7.05 Å². The number of likely N-dealkylation sites (N-methyl/N-ethyl adjacent to an activating group) is 1. The highest BCUT2D eigenvalue weighted by Crippen LogP contribution is 2.34. The molecule has 1 amide bonds. The van der Waals surface area contributed by atoms with E-state index in [-0.39, 0.29) is 17.2 Å². The SMILES string of the molecule is CN(C(=O)OC(C)(C)C)[C@@H]1Cc2cc(F)c(Cl)c3ccn(c23)C1. The smallest absolute Gasteiger partial charge is 0.410 e. The van der Waals surface area contributed by atoms with E-state index in [2.05, 4.69) is 0 Å². The van der Waals surface area contributed by atoms with Gasteiger partial charge in [-0.25, -0.2) is 9.18 Å². The molecule has 1 aliphatic heterocycles. The van der Waals surface area contributed by atoms with Gasteiger partial charge in [-0.3, -0.25) is 0 Å². The number of aromatic nitrogens is 1. The van der Waals surface area contributed by atoms with Gasteiger partial charge in [0.15, 0.2) is 0 Å². The van der Waals surface area contributed by atoms with Gasteiger partial charge in [-0.15, -0.1) is 0 Å². The number of carbonyl (C=O) groups excluding carboxylic acids is 1. The molecule has 0 saturated carbocycles. The Hall–Kier alpha value is -1.75. The lowest BCUT2D eigenvalue weighted by atomic mass is 9.99. The molecule has 0 spiro atoms. The number of amides is 1. The second kappa shape index (κ2) is 5.41. The maximum absolute atomic E-state index is 14.0. The number of halogens is 2. The maximum Gasteiger partial charge on any atom is 0.410 e. The van der Waals surface area contributed by atoms with Gasteiger partial charge < -0.3 is 14.2 Å². The van der Waals surface area contributed by atoms with Crippen LogP contribution in [0.3, 0.4) is 0 Å². The summed E-state index contributed by atoms with van der Waals surface area (Å²) in [6, 6.07) is 3.20. The number of nitrogens with zero attached hydrogens (tertiary/aromatic N) is 2. The molecule has 1 atom stereocenters. The van der Waals surface area contributed by atoms with Gasteiger partial charge in [0.25, 0.3) is 0 Å². The van der Waals surface area contributed by atoms with Crippen LogP contribution in [0.4, 0.5) is 9.18 Å². The van der Waals surface area contributed by atoms with Crippen LogP contribution >= 0.6 is 11.6 Å². The minimum Gasteiger partial charge on any atom is -0.444 e. The summed E-state index contributed by atoms with van der Waals surface area (Å²) in [6.07, 6.45) is 2.09. The van der Waals surface area contributed by atoms with E-state index in [9.17, 15) is 9.18 Å². The van der Waals surface area contributed by atoms with Gasteiger partial charge in [0.05, 0.1) is 16.6 Å². The van der Waals surface area contributed by atoms with Crippen LogP contribution in [0.5, 0.6) is 0 Å². The van der Waals surface area contributed by atoms with Crippen molar-refractivity contribution in [3.8, 4) is 0 Å². The lowest BCUT2D eigenvalue weighted by Crippen LogP contribution is -2.45. The third kappa shape index (κ3) is 2.90. The van der Waals surface area contributed by atoms with E-state index >= 15 is 0 Å². The highest BCUT2D eigenvalue weighted by molar-refractivity contribution is 6.35. The van der Waals surface area contributed by atoms with Crippen molar-refractivity contribution in [2.45, 2.75) is 45.4 Å². The van der Waals surface area contributed by atoms with Gasteiger partial charge in [0.2, 0.25) is 0 Å². The Labute approximate surface area is 139 Å². The summed E-state index contributed by atoms with van der Waals surface area (Å²) >= 11 is 6.04. The molecule has 1 aromatic heterocycles. The summed E-state index contributed by atoms with van der Waals surface area (Å²) in [5.74, 6) is -0.424. The molecular weight excluding hydrogens is 319 g/mol. The average molecular weight is 339 g/mol. The van der Waals surface area contributed by atoms with Crippen LogP contribution < -0.4 is 0 Å². The predicted octanol–water partition coefficient (Wildman–Crippen LogP) is 4.23. The lowest BCUT2D eigenvalue weighted by Gasteiger charge is -2.34. The number of hydrogen-bond donors (Lipinski definition) is 0. The molecule has 0 fully saturated rings. The fourth-order valence-electron chi connectivity index (χ4n) is 3.02. The Bertz CT molecular complexity index is 779. The summed E-state index contributed by atoms with van der Waals surface area (Å²) in [6.45, 7) is 6.14. The Morgan fingerprint density at radius 1 is 1.48 bits per heavy atom. The van der Waals surface area contributed by atoms with Crippen LogP contribution in [0.25, 0.3) is 10.9 Å². The Balaban J connectivity index is 1.89. The summed E-state index contributed by atoms with van der Waals surface area (Å²) in [5.41, 5.74) is 1.27. The lowest BCUT2D eigenvalue weighted by molar-refractivity contribution is 0.0204. The van der Waals surface area contributed by atoms with Gasteiger partial charge in [0, 0.05) is 25.2 Å². The van der Waals surface area contributed by atoms with Crippen LogP contribution in [-0.4, -0.2) is 34.3 Å². The highest BCUT2D eigenvalue weighted by atomic mass is 35.5. The third-order valence-electron chi connectivity index (χ3n) is 4.11. The van der Waals surface area contributed by atoms with Crippen LogP contribution in [0, 0.1) is 5.82 Å². The normalized spacial score (nSPS) is 17.4. The number of hydrogen-bond acceptors (Lipinski definition) is 2. The van der Waals surface area contributed by atoms with E-state index in [4.69, 9.17) is 16.3 Å². The molecule has 23 heavy (non-hydrogen) atoms. The number of benzene rings is 1. The van der Waals surface area contributed by atoms with E-state index in [1.165, 1.54) is 6.07 Å². The molecule has 2 heterocycles. The zero-order valence-corrected chi connectivity index (χ0v) is 14.4. The average Bonchev–Trinajstić information content (AvgIpc) is 2.87. The first-order valence-corrected chi connectivity index (χ1v) is 7.96. The summed E-state index contributed by atoms with van der Waals surface area (Å²) in [4.78, 5) is 13.9. The van der Waals surface area contributed by atoms with Crippen molar-refractivity contribution in [2.24, 2.45) is 0 Å². The predicted molar refractivity (Wildman–Crippen MR) is 88.4 cm³/mol. The molecule has 1 aliphatic rings. The standard InChI is InChI=1S/C17H20ClFN2O2/c1-17(2,3)23-16(22)20(4)11-7-10-8-13(19)14(18)12-5-6-21(9-11)15(10)12/h5-6,8,11H,7,9H2,1-4H3/t11-/m1/s1. The quantitative estimate of drug-likeness (QED) is 0.780. The van der Waals surface area contributed by atoms with Crippen LogP contribution in [0.15, 0.2) is 18.3 Å². The van der Waals surface area contributed by atoms with Crippen molar-refractivity contribution in [3.05, 3.63) is 34.7 Å². The van der Waals surface area contributed by atoms with Crippen molar-refractivity contribution in [1.82, 2.24) is 9.47 Å². The first-order chi connectivity index (χ1) is 10.7. The monoisotopic (exact) mass is 338 g/mol. The molecule has 0 N–H and O–H groups in total. The van der Waals surface area contributed by atoms with E-state index in [0.717, 1.165) is 16.5 Å². The first-order valence-electron chi connectivity index (χ1n) is 7.59. The molecule has 0 bridgehead atoms. The largest absolute Gasteiger partial charge is 0.444 e. The number of carbonyl (C=O) groups is 1. The molecule has 4 nitrogen and oxygen atoms in total. The summed E-state index contributed by atoms with van der Waals surface area (Å²) < 4.78 is 21.4. The minimum absolute atomic E-state index is 0.0893. The molecular formula is C17H20ClFN2O2. The van der Waals surface area contributed by atoms with E-state index in [1.807, 2.05) is 37.6 Å². The Morgan fingerprint density at radius 3 is 2.83 bits per heavy atom. The minimum atomic E-state index is -0.543. The van der Waals surface area contributed by atoms with E-state index < -0.39 is 11.4 Å². The fraction of sp³-hybridized carbons (Fsp3) is 0.471. The molecule has 124 valence electrons. The zero-order valence-electron chi connectivity index (χ0n) is 13.7. The van der Waals surface area contributed by atoms with Crippen LogP contribution in [0.2, 0.25) is 5.02 Å². The first kappa shape index (κ1) is 16.1. The van der Waals surface area contributed by atoms with Gasteiger partial charge in [-0.1, -0.05) is 11.6 Å². The van der Waals surface area contributed by atoms with E-state index in [1.54, 1.807) is 11.9 Å². The summed E-state index contributed by atoms with van der Waals surface area (Å²) in [7, 11) is 1.72. The van der Waals surface area contributed by atoms with Crippen LogP contribution in [-0.2, 0) is 17.7 Å². The molecule has 0 saturated heterocycles. The number of rotatable bonds is 1. The van der Waals surface area contributed by atoms with Gasteiger partial charge >= 0.3 is 6.09 Å². The molecule has 0 aliphatic carbocycles. The zero-order chi connectivity index (χ0) is 16.9. The van der Waals surface area contributed by atoms with Crippen molar-refractivity contribution in [1.29, 1.82) is 0 Å². The molecule has 2 aromatic rings. The molecule has 1 aromatic carbocycles. The third-order valence-corrected chi connectivity index (χ3v) is 4.49. The van der Waals surface area contributed by atoms with Crippen LogP contribution in [0.1, 0.15) is 26.3 Å². The second-order valence-electron chi connectivity index (χ2n) is 7.01. The maximum atomic E-state index is 14.0. The molecule has 0 radical (unpaired) electrons. The Morgan fingerprint density at radius 2 is 2.17 bits per heavy atom. The summed E-state index contributed by atoms with van der Waals surface area (Å²) in [5, 5.41) is 0.876. The van der Waals surface area contributed by atoms with Crippen molar-refractivity contribution < 1.29 is 13.9 Å².